The second-order valence-electron chi connectivity index (χ2n) is 7.84. The molecule has 0 unspecified atom stereocenters. The lowest BCUT2D eigenvalue weighted by Crippen LogP contribution is -2.38. The Morgan fingerprint density at radius 3 is 2.20 bits per heavy atom. The van der Waals surface area contributed by atoms with Crippen molar-refractivity contribution >= 4 is 0 Å². The Kier molecular flexibility index (Phi) is 7.88. The third-order valence-corrected chi connectivity index (χ3v) is 5.53. The van der Waals surface area contributed by atoms with Crippen LogP contribution in [-0.2, 0) is 26.1 Å². The highest BCUT2D eigenvalue weighted by Crippen LogP contribution is 2.26. The van der Waals surface area contributed by atoms with Crippen molar-refractivity contribution in [3.8, 4) is 0 Å². The fourth-order valence-corrected chi connectivity index (χ4v) is 4.04. The van der Waals surface area contributed by atoms with Crippen LogP contribution in [0.2, 0.25) is 0 Å². The zero-order valence-corrected chi connectivity index (χ0v) is 16.0. The smallest absolute Gasteiger partial charge is 0.0685 e. The van der Waals surface area contributed by atoms with Crippen molar-refractivity contribution in [1.29, 1.82) is 0 Å². The van der Waals surface area contributed by atoms with Crippen molar-refractivity contribution in [3.05, 3.63) is 34.4 Å². The van der Waals surface area contributed by atoms with Gasteiger partial charge in [0, 0.05) is 13.1 Å². The summed E-state index contributed by atoms with van der Waals surface area (Å²) in [6.45, 7) is 9.43. The van der Waals surface area contributed by atoms with Gasteiger partial charge in [-0.2, -0.15) is 0 Å². The van der Waals surface area contributed by atoms with E-state index in [2.05, 4.69) is 25.7 Å². The minimum Gasteiger partial charge on any atom is -0.393 e. The number of benzene rings is 1. The van der Waals surface area contributed by atoms with Crippen molar-refractivity contribution in [2.24, 2.45) is 11.8 Å². The van der Waals surface area contributed by atoms with Gasteiger partial charge in [-0.1, -0.05) is 32.9 Å². The molecule has 0 bridgehead atoms. The predicted octanol–water partition coefficient (Wildman–Crippen LogP) is 2.51. The molecule has 0 fully saturated rings. The Labute approximate surface area is 152 Å². The molecule has 1 aromatic carbocycles. The quantitative estimate of drug-likeness (QED) is 0.764. The van der Waals surface area contributed by atoms with Crippen LogP contribution in [0.5, 0.6) is 0 Å². The van der Waals surface area contributed by atoms with Crippen LogP contribution in [0.25, 0.3) is 0 Å². The van der Waals surface area contributed by atoms with E-state index in [0.29, 0.717) is 11.8 Å². The number of aryl methyl sites for hydroxylation is 1. The molecule has 1 aliphatic rings. The molecule has 142 valence electrons. The van der Waals surface area contributed by atoms with Crippen molar-refractivity contribution in [2.75, 3.05) is 19.6 Å². The second-order valence-corrected chi connectivity index (χ2v) is 7.84. The summed E-state index contributed by atoms with van der Waals surface area (Å²) in [6, 6.07) is 4.08. The normalized spacial score (nSPS) is 22.8. The number of hydrogen-bond acceptors (Lipinski definition) is 4. The Balaban J connectivity index is 2.29. The monoisotopic (exact) mass is 349 g/mol. The fourth-order valence-electron chi connectivity index (χ4n) is 4.04. The van der Waals surface area contributed by atoms with Crippen molar-refractivity contribution in [1.82, 2.24) is 4.90 Å². The Morgan fingerprint density at radius 1 is 1.08 bits per heavy atom. The average Bonchev–Trinajstić information content (AvgIpc) is 2.61. The number of hydrogen-bond donors (Lipinski definition) is 3. The van der Waals surface area contributed by atoms with Gasteiger partial charge in [-0.25, -0.2) is 0 Å². The van der Waals surface area contributed by atoms with Crippen LogP contribution in [0.15, 0.2) is 12.1 Å². The maximum Gasteiger partial charge on any atom is 0.0685 e. The fraction of sp³-hybridized carbons (Fsp3) is 0.714. The Morgan fingerprint density at radius 2 is 1.68 bits per heavy atom. The minimum atomic E-state index is -0.294. The van der Waals surface area contributed by atoms with E-state index in [-0.39, 0.29) is 19.3 Å². The standard InChI is InChI=1S/C21H35NO3/c1-4-22-8-7-17-11-20(14-24)19(13-23)10-16(17)5-6-21(25)18(12-22)9-15(2)3/h10-11,15,18,21,23-25H,4-9,12-14H2,1-3H3/t18-,21+/m1/s1. The maximum absolute atomic E-state index is 10.8. The van der Waals surface area contributed by atoms with E-state index in [4.69, 9.17) is 0 Å². The van der Waals surface area contributed by atoms with E-state index in [9.17, 15) is 15.3 Å². The first-order chi connectivity index (χ1) is 12.0. The molecule has 0 saturated carbocycles. The molecule has 25 heavy (non-hydrogen) atoms. The third-order valence-electron chi connectivity index (χ3n) is 5.53. The Bertz CT molecular complexity index is 544. The van der Waals surface area contributed by atoms with Gasteiger partial charge in [-0.05, 0) is 66.3 Å². The molecule has 1 aromatic rings. The van der Waals surface area contributed by atoms with Crippen LogP contribution < -0.4 is 0 Å². The lowest BCUT2D eigenvalue weighted by molar-refractivity contribution is 0.0610. The summed E-state index contributed by atoms with van der Waals surface area (Å²) in [5, 5.41) is 29.9. The molecule has 0 aliphatic carbocycles. The van der Waals surface area contributed by atoms with E-state index in [1.807, 2.05) is 12.1 Å². The molecule has 3 N–H and O–H groups in total. The molecule has 0 aromatic heterocycles. The van der Waals surface area contributed by atoms with Crippen LogP contribution in [0.1, 0.15) is 55.9 Å². The summed E-state index contributed by atoms with van der Waals surface area (Å²) in [4.78, 5) is 2.43. The number of fused-ring (bicyclic) bond motifs is 1. The number of aliphatic hydroxyl groups is 3. The molecular weight excluding hydrogens is 314 g/mol. The van der Waals surface area contributed by atoms with Crippen molar-refractivity contribution in [2.45, 2.75) is 65.8 Å². The first kappa shape index (κ1) is 20.4. The van der Waals surface area contributed by atoms with Gasteiger partial charge in [-0.15, -0.1) is 0 Å². The summed E-state index contributed by atoms with van der Waals surface area (Å²) in [5.74, 6) is 0.900. The molecule has 0 radical (unpaired) electrons. The predicted molar refractivity (Wildman–Crippen MR) is 101 cm³/mol. The topological polar surface area (TPSA) is 63.9 Å². The molecule has 4 nitrogen and oxygen atoms in total. The highest BCUT2D eigenvalue weighted by Gasteiger charge is 2.24. The molecule has 1 heterocycles. The molecule has 0 spiro atoms. The number of rotatable bonds is 5. The van der Waals surface area contributed by atoms with E-state index in [0.717, 1.165) is 56.4 Å². The van der Waals surface area contributed by atoms with Crippen LogP contribution >= 0.6 is 0 Å². The van der Waals surface area contributed by atoms with Gasteiger partial charge in [0.05, 0.1) is 19.3 Å². The largest absolute Gasteiger partial charge is 0.393 e. The minimum absolute atomic E-state index is 0.0419. The van der Waals surface area contributed by atoms with Gasteiger partial charge in [0.15, 0.2) is 0 Å². The van der Waals surface area contributed by atoms with E-state index >= 15 is 0 Å². The number of nitrogens with zero attached hydrogens (tertiary/aromatic N) is 1. The lowest BCUT2D eigenvalue weighted by Gasteiger charge is -2.32. The number of likely N-dealkylation sites (N-methyl/N-ethyl adjacent to an activating group) is 1. The summed E-state index contributed by atoms with van der Waals surface area (Å²) >= 11 is 0. The summed E-state index contributed by atoms with van der Waals surface area (Å²) in [6.07, 6.45) is 3.29. The van der Waals surface area contributed by atoms with Gasteiger partial charge in [0.1, 0.15) is 0 Å². The molecule has 0 amide bonds. The van der Waals surface area contributed by atoms with Crippen LogP contribution in [0.3, 0.4) is 0 Å². The molecule has 2 rings (SSSR count). The molecule has 4 heteroatoms. The van der Waals surface area contributed by atoms with Gasteiger partial charge in [-0.3, -0.25) is 0 Å². The number of aliphatic hydroxyl groups excluding tert-OH is 3. The zero-order chi connectivity index (χ0) is 18.4. The summed E-state index contributed by atoms with van der Waals surface area (Å²) < 4.78 is 0. The van der Waals surface area contributed by atoms with E-state index in [1.165, 1.54) is 11.1 Å². The first-order valence-electron chi connectivity index (χ1n) is 9.74. The van der Waals surface area contributed by atoms with Crippen molar-refractivity contribution in [3.63, 3.8) is 0 Å². The van der Waals surface area contributed by atoms with Gasteiger partial charge >= 0.3 is 0 Å². The van der Waals surface area contributed by atoms with Gasteiger partial charge in [0.25, 0.3) is 0 Å². The first-order valence-corrected chi connectivity index (χ1v) is 9.74. The summed E-state index contributed by atoms with van der Waals surface area (Å²) in [5.41, 5.74) is 4.08. The second kappa shape index (κ2) is 9.67. The SMILES string of the molecule is CCN1CCc2cc(CO)c(CO)cc2CC[C@H](O)[C@H](CC(C)C)C1. The van der Waals surface area contributed by atoms with Gasteiger partial charge < -0.3 is 20.2 Å². The van der Waals surface area contributed by atoms with Crippen LogP contribution in [0, 0.1) is 11.8 Å². The summed E-state index contributed by atoms with van der Waals surface area (Å²) in [7, 11) is 0. The zero-order valence-electron chi connectivity index (χ0n) is 16.0. The third kappa shape index (κ3) is 5.52. The average molecular weight is 350 g/mol. The Hall–Kier alpha value is -0.940. The van der Waals surface area contributed by atoms with E-state index < -0.39 is 0 Å². The highest BCUT2D eigenvalue weighted by atomic mass is 16.3. The van der Waals surface area contributed by atoms with Crippen molar-refractivity contribution < 1.29 is 15.3 Å². The van der Waals surface area contributed by atoms with E-state index in [1.54, 1.807) is 0 Å². The molecule has 1 aliphatic heterocycles. The van der Waals surface area contributed by atoms with Crippen LogP contribution in [-0.4, -0.2) is 46.0 Å². The molecular formula is C21H35NO3. The lowest BCUT2D eigenvalue weighted by atomic mass is 9.86. The van der Waals surface area contributed by atoms with Gasteiger partial charge in [0.2, 0.25) is 0 Å². The molecule has 2 atom stereocenters. The molecule has 0 saturated heterocycles. The van der Waals surface area contributed by atoms with Crippen LogP contribution in [0.4, 0.5) is 0 Å². The maximum atomic E-state index is 10.8. The highest BCUT2D eigenvalue weighted by molar-refractivity contribution is 5.38.